The molecule has 0 radical (unpaired) electrons. The normalized spacial score (nSPS) is 12.7. The van der Waals surface area contributed by atoms with Gasteiger partial charge >= 0.3 is 0 Å². The van der Waals surface area contributed by atoms with E-state index in [1.165, 1.54) is 20.2 Å². The fraction of sp³-hybridized carbons (Fsp3) is 0.417. The Kier molecular flexibility index (Phi) is 5.23. The maximum atomic E-state index is 12.5. The molecule has 9 heteroatoms. The Bertz CT molecular complexity index is 681. The zero-order chi connectivity index (χ0) is 16.2. The first-order valence-corrected chi connectivity index (χ1v) is 7.37. The van der Waals surface area contributed by atoms with E-state index in [0.29, 0.717) is 0 Å². The summed E-state index contributed by atoms with van der Waals surface area (Å²) < 4.78 is 31.0. The number of nitriles is 1. The summed E-state index contributed by atoms with van der Waals surface area (Å²) in [6.07, 6.45) is 0.00692. The van der Waals surface area contributed by atoms with E-state index in [1.807, 2.05) is 6.07 Å². The van der Waals surface area contributed by atoms with Gasteiger partial charge in [0, 0.05) is 25.2 Å². The molecule has 0 aliphatic heterocycles. The monoisotopic (exact) mass is 313 g/mol. The molecule has 0 saturated heterocycles. The van der Waals surface area contributed by atoms with Gasteiger partial charge in [0.15, 0.2) is 0 Å². The van der Waals surface area contributed by atoms with Gasteiger partial charge in [-0.15, -0.1) is 0 Å². The van der Waals surface area contributed by atoms with Crippen LogP contribution in [0.2, 0.25) is 0 Å². The molecule has 114 valence electrons. The first-order valence-electron chi connectivity index (χ1n) is 5.93. The largest absolute Gasteiger partial charge is 0.495 e. The van der Waals surface area contributed by atoms with Crippen molar-refractivity contribution >= 4 is 15.7 Å². The Hall–Kier alpha value is -2.18. The average molecular weight is 313 g/mol. The molecule has 0 N–H and O–H groups in total. The number of hydrogen-bond acceptors (Lipinski definition) is 6. The molecule has 0 aromatic heterocycles. The fourth-order valence-electron chi connectivity index (χ4n) is 1.63. The van der Waals surface area contributed by atoms with E-state index < -0.39 is 21.0 Å². The van der Waals surface area contributed by atoms with Gasteiger partial charge in [-0.2, -0.15) is 9.57 Å². The highest BCUT2D eigenvalue weighted by molar-refractivity contribution is 7.89. The van der Waals surface area contributed by atoms with Gasteiger partial charge in [-0.3, -0.25) is 10.1 Å². The number of ether oxygens (including phenoxy) is 1. The van der Waals surface area contributed by atoms with Gasteiger partial charge < -0.3 is 4.74 Å². The second-order valence-corrected chi connectivity index (χ2v) is 6.29. The van der Waals surface area contributed by atoms with E-state index in [9.17, 15) is 18.5 Å². The Balaban J connectivity index is 3.39. The third kappa shape index (κ3) is 3.48. The molecular weight excluding hydrogens is 298 g/mol. The molecule has 0 fully saturated rings. The van der Waals surface area contributed by atoms with Crippen molar-refractivity contribution in [2.24, 2.45) is 0 Å². The molecule has 1 aromatic rings. The van der Waals surface area contributed by atoms with Gasteiger partial charge in [0.05, 0.1) is 24.5 Å². The Morgan fingerprint density at radius 3 is 2.62 bits per heavy atom. The number of non-ortho nitro benzene ring substituents is 1. The van der Waals surface area contributed by atoms with E-state index >= 15 is 0 Å². The van der Waals surface area contributed by atoms with Crippen LogP contribution in [0.5, 0.6) is 5.75 Å². The van der Waals surface area contributed by atoms with Gasteiger partial charge in [0.2, 0.25) is 10.0 Å². The summed E-state index contributed by atoms with van der Waals surface area (Å²) in [7, 11) is -1.41. The SMILES string of the molecule is COc1ccc([N+](=O)[O-])cc1S(=O)(=O)N(C)C(C)CC#N. The van der Waals surface area contributed by atoms with Crippen molar-refractivity contribution in [3.8, 4) is 11.8 Å². The van der Waals surface area contributed by atoms with Crippen molar-refractivity contribution < 1.29 is 18.1 Å². The lowest BCUT2D eigenvalue weighted by atomic mass is 10.3. The minimum absolute atomic E-state index is 0.00692. The second kappa shape index (κ2) is 6.51. The second-order valence-electron chi connectivity index (χ2n) is 4.32. The van der Waals surface area contributed by atoms with Crippen LogP contribution in [0.15, 0.2) is 23.1 Å². The maximum absolute atomic E-state index is 12.5. The van der Waals surface area contributed by atoms with E-state index in [2.05, 4.69) is 0 Å². The zero-order valence-corrected chi connectivity index (χ0v) is 12.6. The van der Waals surface area contributed by atoms with Gasteiger partial charge in [-0.05, 0) is 13.0 Å². The van der Waals surface area contributed by atoms with E-state index in [-0.39, 0.29) is 22.8 Å². The van der Waals surface area contributed by atoms with Gasteiger partial charge in [-0.25, -0.2) is 8.42 Å². The van der Waals surface area contributed by atoms with Crippen molar-refractivity contribution in [1.29, 1.82) is 5.26 Å². The van der Waals surface area contributed by atoms with Gasteiger partial charge in [-0.1, -0.05) is 0 Å². The van der Waals surface area contributed by atoms with Crippen LogP contribution in [0.25, 0.3) is 0 Å². The molecule has 0 aliphatic rings. The quantitative estimate of drug-likeness (QED) is 0.581. The molecule has 1 atom stereocenters. The van der Waals surface area contributed by atoms with Crippen LogP contribution in [0.3, 0.4) is 0 Å². The fourth-order valence-corrected chi connectivity index (χ4v) is 3.17. The highest BCUT2D eigenvalue weighted by atomic mass is 32.2. The lowest BCUT2D eigenvalue weighted by Crippen LogP contribution is -2.35. The van der Waals surface area contributed by atoms with Crippen molar-refractivity contribution in [3.63, 3.8) is 0 Å². The molecule has 1 rings (SSSR count). The molecule has 1 aromatic carbocycles. The molecule has 0 aliphatic carbocycles. The summed E-state index contributed by atoms with van der Waals surface area (Å²) in [5, 5.41) is 19.5. The molecule has 0 spiro atoms. The number of nitrogens with zero attached hydrogens (tertiary/aromatic N) is 3. The van der Waals surface area contributed by atoms with Crippen LogP contribution in [0.1, 0.15) is 13.3 Å². The summed E-state index contributed by atoms with van der Waals surface area (Å²) in [5.74, 6) is 0.0107. The van der Waals surface area contributed by atoms with Crippen LogP contribution in [0.4, 0.5) is 5.69 Å². The molecular formula is C12H15N3O5S. The molecule has 1 unspecified atom stereocenters. The number of nitro benzene ring substituents is 1. The summed E-state index contributed by atoms with van der Waals surface area (Å²) in [5.41, 5.74) is -0.351. The minimum atomic E-state index is -4.01. The molecule has 0 saturated carbocycles. The van der Waals surface area contributed by atoms with Crippen LogP contribution in [-0.4, -0.2) is 37.8 Å². The van der Waals surface area contributed by atoms with Crippen LogP contribution in [-0.2, 0) is 10.0 Å². The number of rotatable bonds is 6. The van der Waals surface area contributed by atoms with Crippen molar-refractivity contribution in [2.75, 3.05) is 14.2 Å². The Labute approximate surface area is 122 Å². The Morgan fingerprint density at radius 1 is 1.52 bits per heavy atom. The third-order valence-electron chi connectivity index (χ3n) is 3.02. The molecule has 8 nitrogen and oxygen atoms in total. The maximum Gasteiger partial charge on any atom is 0.271 e. The smallest absolute Gasteiger partial charge is 0.271 e. The standard InChI is InChI=1S/C12H15N3O5S/c1-9(6-7-13)14(2)21(18,19)12-8-10(15(16)17)4-5-11(12)20-3/h4-5,8-9H,6H2,1-3H3. The number of sulfonamides is 1. The summed E-state index contributed by atoms with van der Waals surface area (Å²) in [6, 6.07) is 4.66. The first kappa shape index (κ1) is 16.9. The Morgan fingerprint density at radius 2 is 2.14 bits per heavy atom. The molecule has 21 heavy (non-hydrogen) atoms. The lowest BCUT2D eigenvalue weighted by molar-refractivity contribution is -0.385. The predicted octanol–water partition coefficient (Wildman–Crippen LogP) is 1.53. The number of nitro groups is 1. The van der Waals surface area contributed by atoms with Gasteiger partial charge in [0.1, 0.15) is 10.6 Å². The number of hydrogen-bond donors (Lipinski definition) is 0. The average Bonchev–Trinajstić information content (AvgIpc) is 2.45. The third-order valence-corrected chi connectivity index (χ3v) is 5.02. The lowest BCUT2D eigenvalue weighted by Gasteiger charge is -2.23. The minimum Gasteiger partial charge on any atom is -0.495 e. The molecule has 0 amide bonds. The first-order chi connectivity index (χ1) is 9.75. The van der Waals surface area contributed by atoms with Crippen molar-refractivity contribution in [2.45, 2.75) is 24.3 Å². The highest BCUT2D eigenvalue weighted by Gasteiger charge is 2.30. The number of methoxy groups -OCH3 is 1. The van der Waals surface area contributed by atoms with Crippen molar-refractivity contribution in [3.05, 3.63) is 28.3 Å². The molecule has 0 bridgehead atoms. The van der Waals surface area contributed by atoms with E-state index in [4.69, 9.17) is 10.00 Å². The van der Waals surface area contributed by atoms with Crippen LogP contribution >= 0.6 is 0 Å². The van der Waals surface area contributed by atoms with Gasteiger partial charge in [0.25, 0.3) is 5.69 Å². The summed E-state index contributed by atoms with van der Waals surface area (Å²) >= 11 is 0. The number of benzene rings is 1. The predicted molar refractivity (Wildman–Crippen MR) is 74.3 cm³/mol. The topological polar surface area (TPSA) is 114 Å². The van der Waals surface area contributed by atoms with Crippen LogP contribution in [0, 0.1) is 21.4 Å². The highest BCUT2D eigenvalue weighted by Crippen LogP contribution is 2.30. The zero-order valence-electron chi connectivity index (χ0n) is 11.8. The van der Waals surface area contributed by atoms with Crippen LogP contribution < -0.4 is 4.74 Å². The van der Waals surface area contributed by atoms with E-state index in [0.717, 1.165) is 16.4 Å². The summed E-state index contributed by atoms with van der Waals surface area (Å²) in [6.45, 7) is 1.57. The summed E-state index contributed by atoms with van der Waals surface area (Å²) in [4.78, 5) is 9.82. The molecule has 0 heterocycles. The van der Waals surface area contributed by atoms with Crippen molar-refractivity contribution in [1.82, 2.24) is 4.31 Å². The van der Waals surface area contributed by atoms with E-state index in [1.54, 1.807) is 6.92 Å².